The molecule has 3 aromatic rings. The van der Waals surface area contributed by atoms with Gasteiger partial charge in [-0.05, 0) is 54.9 Å². The van der Waals surface area contributed by atoms with Crippen molar-refractivity contribution < 1.29 is 28.7 Å². The van der Waals surface area contributed by atoms with Crippen LogP contribution in [0.15, 0.2) is 48.6 Å². The van der Waals surface area contributed by atoms with Crippen LogP contribution < -0.4 is 10.1 Å². The van der Waals surface area contributed by atoms with Gasteiger partial charge >= 0.3 is 0 Å². The van der Waals surface area contributed by atoms with E-state index in [-0.39, 0.29) is 49.0 Å². The van der Waals surface area contributed by atoms with Crippen molar-refractivity contribution in [2.24, 2.45) is 0 Å². The van der Waals surface area contributed by atoms with Gasteiger partial charge in [0.05, 0.1) is 12.7 Å². The molecule has 10 heteroatoms. The number of amides is 5. The van der Waals surface area contributed by atoms with E-state index in [0.717, 1.165) is 26.6 Å². The summed E-state index contributed by atoms with van der Waals surface area (Å²) in [5.74, 6) is -0.940. The van der Waals surface area contributed by atoms with E-state index in [4.69, 9.17) is 4.74 Å². The quantitative estimate of drug-likeness (QED) is 0.285. The SMILES string of the molecule is COc1ccc2c3c(c4cccc(C)c4cc13)C(=O)N(CCN(C)CCNC(=O)CCCN1C(=O)C=CC1=O)C2=O. The number of ether oxygens (including phenoxy) is 1. The number of carbonyl (C=O) groups excluding carboxylic acids is 5. The number of hydrogen-bond acceptors (Lipinski definition) is 7. The maximum atomic E-state index is 13.8. The van der Waals surface area contributed by atoms with Crippen LogP contribution in [0.5, 0.6) is 5.75 Å². The molecular formula is C31H32N4O6. The van der Waals surface area contributed by atoms with Gasteiger partial charge in [0.25, 0.3) is 23.6 Å². The predicted molar refractivity (Wildman–Crippen MR) is 154 cm³/mol. The Labute approximate surface area is 237 Å². The summed E-state index contributed by atoms with van der Waals surface area (Å²) < 4.78 is 5.57. The van der Waals surface area contributed by atoms with Crippen molar-refractivity contribution in [2.75, 3.05) is 46.9 Å². The van der Waals surface area contributed by atoms with Gasteiger partial charge in [0.2, 0.25) is 5.91 Å². The number of rotatable bonds is 11. The zero-order chi connectivity index (χ0) is 29.3. The standard InChI is InChI=1S/C31H32N4O6/c1-19-6-4-7-20-22(19)18-23-24(41-3)10-9-21-28(23)29(20)31(40)35(30(21)39)17-16-33(2)15-13-32-25(36)8-5-14-34-26(37)11-12-27(34)38/h4,6-7,9-12,18H,5,8,13-17H2,1-3H3,(H,32,36). The Hall–Kier alpha value is -4.57. The molecular weight excluding hydrogens is 524 g/mol. The number of nitrogens with one attached hydrogen (secondary N) is 1. The number of aryl methyl sites for hydroxylation is 1. The normalized spacial score (nSPS) is 14.7. The Bertz CT molecular complexity index is 1610. The Kier molecular flexibility index (Phi) is 7.85. The van der Waals surface area contributed by atoms with E-state index in [2.05, 4.69) is 5.32 Å². The van der Waals surface area contributed by atoms with Crippen molar-refractivity contribution >= 4 is 51.1 Å². The van der Waals surface area contributed by atoms with Crippen molar-refractivity contribution in [1.29, 1.82) is 0 Å². The van der Waals surface area contributed by atoms with Gasteiger partial charge in [-0.25, -0.2) is 0 Å². The van der Waals surface area contributed by atoms with E-state index in [0.29, 0.717) is 48.3 Å². The van der Waals surface area contributed by atoms with Crippen LogP contribution in [0, 0.1) is 6.92 Å². The van der Waals surface area contributed by atoms with Crippen LogP contribution >= 0.6 is 0 Å². The molecule has 10 nitrogen and oxygen atoms in total. The number of carbonyl (C=O) groups is 5. The fourth-order valence-corrected chi connectivity index (χ4v) is 5.44. The van der Waals surface area contributed by atoms with Gasteiger partial charge in [0.1, 0.15) is 5.75 Å². The minimum atomic E-state index is -0.356. The highest BCUT2D eigenvalue weighted by molar-refractivity contribution is 6.31. The Morgan fingerprint density at radius 3 is 2.39 bits per heavy atom. The van der Waals surface area contributed by atoms with E-state index < -0.39 is 0 Å². The molecule has 3 aromatic carbocycles. The van der Waals surface area contributed by atoms with Gasteiger partial charge in [-0.1, -0.05) is 18.2 Å². The van der Waals surface area contributed by atoms with Crippen LogP contribution in [0.1, 0.15) is 39.1 Å². The first kappa shape index (κ1) is 28.0. The summed E-state index contributed by atoms with van der Waals surface area (Å²) in [6.07, 6.45) is 3.03. The maximum absolute atomic E-state index is 13.8. The molecule has 0 radical (unpaired) electrons. The summed E-state index contributed by atoms with van der Waals surface area (Å²) in [4.78, 5) is 67.1. The summed E-state index contributed by atoms with van der Waals surface area (Å²) in [6.45, 7) is 3.72. The monoisotopic (exact) mass is 556 g/mol. The fraction of sp³-hybridized carbons (Fsp3) is 0.323. The summed E-state index contributed by atoms with van der Waals surface area (Å²) in [7, 11) is 3.44. The third kappa shape index (κ3) is 5.30. The van der Waals surface area contributed by atoms with E-state index >= 15 is 0 Å². The summed E-state index contributed by atoms with van der Waals surface area (Å²) in [6, 6.07) is 11.3. The van der Waals surface area contributed by atoms with Crippen molar-refractivity contribution in [3.05, 3.63) is 65.2 Å². The van der Waals surface area contributed by atoms with E-state index in [1.165, 1.54) is 17.1 Å². The lowest BCUT2D eigenvalue weighted by Crippen LogP contribution is -2.45. The molecule has 2 aliphatic rings. The lowest BCUT2D eigenvalue weighted by molar-refractivity contribution is -0.137. The molecule has 1 N–H and O–H groups in total. The molecule has 0 bridgehead atoms. The summed E-state index contributed by atoms with van der Waals surface area (Å²) in [5.41, 5.74) is 2.01. The van der Waals surface area contributed by atoms with Gasteiger partial charge in [0.15, 0.2) is 0 Å². The van der Waals surface area contributed by atoms with Crippen molar-refractivity contribution in [1.82, 2.24) is 20.0 Å². The van der Waals surface area contributed by atoms with Crippen molar-refractivity contribution in [3.8, 4) is 5.75 Å². The zero-order valence-corrected chi connectivity index (χ0v) is 23.4. The molecule has 0 saturated heterocycles. The minimum absolute atomic E-state index is 0.172. The highest BCUT2D eigenvalue weighted by atomic mass is 16.5. The van der Waals surface area contributed by atoms with Crippen molar-refractivity contribution in [2.45, 2.75) is 19.8 Å². The average Bonchev–Trinajstić information content (AvgIpc) is 3.27. The van der Waals surface area contributed by atoms with E-state index in [9.17, 15) is 24.0 Å². The second-order valence-corrected chi connectivity index (χ2v) is 10.3. The smallest absolute Gasteiger partial charge is 0.262 e. The molecule has 41 heavy (non-hydrogen) atoms. The molecule has 5 amide bonds. The molecule has 0 aliphatic carbocycles. The molecule has 0 saturated carbocycles. The summed E-state index contributed by atoms with van der Waals surface area (Å²) in [5, 5.41) is 5.95. The van der Waals surface area contributed by atoms with Crippen LogP contribution in [0.25, 0.3) is 21.5 Å². The molecule has 212 valence electrons. The first-order valence-electron chi connectivity index (χ1n) is 13.6. The zero-order valence-electron chi connectivity index (χ0n) is 23.4. The topological polar surface area (TPSA) is 116 Å². The molecule has 0 atom stereocenters. The minimum Gasteiger partial charge on any atom is -0.496 e. The van der Waals surface area contributed by atoms with Crippen LogP contribution in [0.4, 0.5) is 0 Å². The van der Waals surface area contributed by atoms with Crippen LogP contribution in [0.2, 0.25) is 0 Å². The largest absolute Gasteiger partial charge is 0.496 e. The van der Waals surface area contributed by atoms with E-state index in [1.54, 1.807) is 19.2 Å². The Balaban J connectivity index is 1.20. The van der Waals surface area contributed by atoms with Gasteiger partial charge in [0, 0.05) is 67.6 Å². The number of imide groups is 2. The van der Waals surface area contributed by atoms with E-state index in [1.807, 2.05) is 43.1 Å². The van der Waals surface area contributed by atoms with Crippen molar-refractivity contribution in [3.63, 3.8) is 0 Å². The Morgan fingerprint density at radius 1 is 0.902 bits per heavy atom. The second-order valence-electron chi connectivity index (χ2n) is 10.3. The highest BCUT2D eigenvalue weighted by Crippen LogP contribution is 2.40. The third-order valence-corrected chi connectivity index (χ3v) is 7.70. The van der Waals surface area contributed by atoms with Gasteiger partial charge in [-0.15, -0.1) is 0 Å². The average molecular weight is 557 g/mol. The Morgan fingerprint density at radius 2 is 1.66 bits per heavy atom. The maximum Gasteiger partial charge on any atom is 0.262 e. The molecule has 5 rings (SSSR count). The number of hydrogen-bond donors (Lipinski definition) is 1. The molecule has 0 fully saturated rings. The molecule has 0 aromatic heterocycles. The number of nitrogens with zero attached hydrogens (tertiary/aromatic N) is 3. The molecule has 2 heterocycles. The lowest BCUT2D eigenvalue weighted by Gasteiger charge is -2.30. The predicted octanol–water partition coefficient (Wildman–Crippen LogP) is 2.66. The number of benzene rings is 3. The number of fused-ring (bicyclic) bond motifs is 2. The molecule has 2 aliphatic heterocycles. The van der Waals surface area contributed by atoms with Gasteiger partial charge in [-0.3, -0.25) is 33.8 Å². The van der Waals surface area contributed by atoms with Crippen LogP contribution in [-0.4, -0.2) is 91.1 Å². The third-order valence-electron chi connectivity index (χ3n) is 7.70. The van der Waals surface area contributed by atoms with Gasteiger partial charge in [-0.2, -0.15) is 0 Å². The number of methoxy groups -OCH3 is 1. The first-order valence-corrected chi connectivity index (χ1v) is 13.6. The van der Waals surface area contributed by atoms with Gasteiger partial charge < -0.3 is 15.0 Å². The fourth-order valence-electron chi connectivity index (χ4n) is 5.44. The highest BCUT2D eigenvalue weighted by Gasteiger charge is 2.35. The van der Waals surface area contributed by atoms with Crippen LogP contribution in [0.3, 0.4) is 0 Å². The van der Waals surface area contributed by atoms with Crippen LogP contribution in [-0.2, 0) is 14.4 Å². The number of likely N-dealkylation sites (N-methyl/N-ethyl adjacent to an activating group) is 1. The lowest BCUT2D eigenvalue weighted by atomic mass is 9.88. The molecule has 0 spiro atoms. The second kappa shape index (κ2) is 11.5. The molecule has 0 unspecified atom stereocenters. The summed E-state index contributed by atoms with van der Waals surface area (Å²) >= 11 is 0. The first-order chi connectivity index (χ1) is 19.7.